The van der Waals surface area contributed by atoms with Crippen LogP contribution in [0.2, 0.25) is 0 Å². The van der Waals surface area contributed by atoms with Crippen molar-refractivity contribution in [2.45, 2.75) is 6.42 Å². The minimum atomic E-state index is -0.0736. The lowest BCUT2D eigenvalue weighted by molar-refractivity contribution is -0.117. The Morgan fingerprint density at radius 1 is 1.43 bits per heavy atom. The summed E-state index contributed by atoms with van der Waals surface area (Å²) < 4.78 is 0. The highest BCUT2D eigenvalue weighted by Gasteiger charge is 2.30. The molecule has 110 valence electrons. The van der Waals surface area contributed by atoms with Gasteiger partial charge < -0.3 is 9.80 Å². The first-order valence-corrected chi connectivity index (χ1v) is 6.66. The Bertz CT molecular complexity index is 590. The third-order valence-corrected chi connectivity index (χ3v) is 3.44. The van der Waals surface area contributed by atoms with E-state index >= 15 is 0 Å². The van der Waals surface area contributed by atoms with E-state index in [2.05, 4.69) is 10.0 Å². The predicted molar refractivity (Wildman–Crippen MR) is 78.9 cm³/mol. The lowest BCUT2D eigenvalue weighted by Gasteiger charge is -2.17. The molecule has 0 aliphatic carbocycles. The summed E-state index contributed by atoms with van der Waals surface area (Å²) in [7, 11) is 3.39. The van der Waals surface area contributed by atoms with Crippen molar-refractivity contribution in [3.63, 3.8) is 0 Å². The number of anilines is 1. The van der Waals surface area contributed by atoms with Gasteiger partial charge in [-0.2, -0.15) is 0 Å². The highest BCUT2D eigenvalue weighted by Crippen LogP contribution is 2.25. The summed E-state index contributed by atoms with van der Waals surface area (Å²) in [5.74, 6) is -0.00755. The molecule has 0 aromatic heterocycles. The largest absolute Gasteiger partial charge is 0.345 e. The van der Waals surface area contributed by atoms with Gasteiger partial charge in [-0.1, -0.05) is 5.11 Å². The average Bonchev–Trinajstić information content (AvgIpc) is 2.85. The average molecular weight is 287 g/mol. The van der Waals surface area contributed by atoms with Crippen LogP contribution in [-0.2, 0) is 4.79 Å². The molecule has 2 rings (SSSR count). The normalized spacial score (nSPS) is 17.5. The summed E-state index contributed by atoms with van der Waals surface area (Å²) in [5.41, 5.74) is 9.67. The zero-order chi connectivity index (χ0) is 15.4. The first kappa shape index (κ1) is 14.9. The number of carbonyl (C=O) groups excluding carboxylic acids is 2. The molecule has 1 aliphatic heterocycles. The number of benzene rings is 1. The van der Waals surface area contributed by atoms with Crippen LogP contribution in [0, 0.1) is 5.92 Å². The zero-order valence-electron chi connectivity index (χ0n) is 12.1. The van der Waals surface area contributed by atoms with Crippen molar-refractivity contribution in [1.29, 1.82) is 0 Å². The van der Waals surface area contributed by atoms with Gasteiger partial charge in [0.05, 0.1) is 0 Å². The number of amides is 2. The lowest BCUT2D eigenvalue weighted by Crippen LogP contribution is -2.25. The second kappa shape index (κ2) is 6.28. The number of azide groups is 1. The summed E-state index contributed by atoms with van der Waals surface area (Å²) in [6.45, 7) is 0.870. The summed E-state index contributed by atoms with van der Waals surface area (Å²) in [6, 6.07) is 6.96. The third-order valence-electron chi connectivity index (χ3n) is 3.44. The third kappa shape index (κ3) is 3.32. The van der Waals surface area contributed by atoms with Gasteiger partial charge in [-0.05, 0) is 35.7 Å². The Morgan fingerprint density at radius 3 is 2.67 bits per heavy atom. The van der Waals surface area contributed by atoms with E-state index in [1.54, 1.807) is 43.3 Å². The van der Waals surface area contributed by atoms with E-state index in [4.69, 9.17) is 5.53 Å². The zero-order valence-corrected chi connectivity index (χ0v) is 12.1. The van der Waals surface area contributed by atoms with E-state index in [1.165, 1.54) is 4.90 Å². The smallest absolute Gasteiger partial charge is 0.253 e. The van der Waals surface area contributed by atoms with E-state index in [0.717, 1.165) is 5.69 Å². The molecule has 1 aromatic carbocycles. The van der Waals surface area contributed by atoms with Gasteiger partial charge in [-0.25, -0.2) is 0 Å². The van der Waals surface area contributed by atoms with Gasteiger partial charge in [-0.3, -0.25) is 9.59 Å². The van der Waals surface area contributed by atoms with Gasteiger partial charge in [0, 0.05) is 49.8 Å². The molecule has 7 nitrogen and oxygen atoms in total. The van der Waals surface area contributed by atoms with Crippen molar-refractivity contribution in [2.24, 2.45) is 11.0 Å². The second-order valence-corrected chi connectivity index (χ2v) is 5.23. The molecule has 1 atom stereocenters. The highest BCUT2D eigenvalue weighted by molar-refractivity contribution is 5.97. The van der Waals surface area contributed by atoms with Crippen LogP contribution in [0.1, 0.15) is 16.8 Å². The molecule has 1 heterocycles. The molecule has 0 radical (unpaired) electrons. The molecule has 1 saturated heterocycles. The number of carbonyl (C=O) groups is 2. The van der Waals surface area contributed by atoms with Crippen LogP contribution in [0.3, 0.4) is 0 Å². The maximum absolute atomic E-state index is 12.0. The Labute approximate surface area is 122 Å². The quantitative estimate of drug-likeness (QED) is 0.482. The van der Waals surface area contributed by atoms with Gasteiger partial charge >= 0.3 is 0 Å². The van der Waals surface area contributed by atoms with E-state index in [0.29, 0.717) is 25.1 Å². The highest BCUT2D eigenvalue weighted by atomic mass is 16.2. The van der Waals surface area contributed by atoms with Gasteiger partial charge in [0.25, 0.3) is 5.91 Å². The first-order valence-electron chi connectivity index (χ1n) is 6.66. The second-order valence-electron chi connectivity index (χ2n) is 5.23. The van der Waals surface area contributed by atoms with E-state index < -0.39 is 0 Å². The first-order chi connectivity index (χ1) is 10.0. The van der Waals surface area contributed by atoms with Crippen LogP contribution in [0.5, 0.6) is 0 Å². The summed E-state index contributed by atoms with van der Waals surface area (Å²) in [5, 5.41) is 3.52. The molecule has 0 bridgehead atoms. The molecular formula is C14H17N5O2. The van der Waals surface area contributed by atoms with Crippen molar-refractivity contribution >= 4 is 17.5 Å². The van der Waals surface area contributed by atoms with E-state index in [-0.39, 0.29) is 17.7 Å². The van der Waals surface area contributed by atoms with Crippen LogP contribution in [-0.4, -0.2) is 43.9 Å². The monoisotopic (exact) mass is 287 g/mol. The topological polar surface area (TPSA) is 89.4 Å². The van der Waals surface area contributed by atoms with E-state index in [1.807, 2.05) is 0 Å². The van der Waals surface area contributed by atoms with Crippen molar-refractivity contribution in [2.75, 3.05) is 32.1 Å². The number of nitrogens with zero attached hydrogens (tertiary/aromatic N) is 5. The van der Waals surface area contributed by atoms with Crippen molar-refractivity contribution in [3.05, 3.63) is 40.3 Å². The predicted octanol–water partition coefficient (Wildman–Crippen LogP) is 2.05. The van der Waals surface area contributed by atoms with E-state index in [9.17, 15) is 9.59 Å². The Morgan fingerprint density at radius 2 is 2.10 bits per heavy atom. The minimum Gasteiger partial charge on any atom is -0.345 e. The van der Waals surface area contributed by atoms with Gasteiger partial charge in [-0.15, -0.1) is 0 Å². The molecule has 0 N–H and O–H groups in total. The molecule has 21 heavy (non-hydrogen) atoms. The fraction of sp³-hybridized carbons (Fsp3) is 0.429. The maximum Gasteiger partial charge on any atom is 0.253 e. The standard InChI is InChI=1S/C14H17N5O2/c1-18(2)14(21)11-3-5-12(6-4-11)19-9-10(7-13(19)20)8-16-17-15/h3-6,10H,7-9H2,1-2H3. The summed E-state index contributed by atoms with van der Waals surface area (Å²) in [4.78, 5) is 29.7. The van der Waals surface area contributed by atoms with Crippen molar-refractivity contribution in [3.8, 4) is 0 Å². The Hall–Kier alpha value is -2.53. The van der Waals surface area contributed by atoms with Gasteiger partial charge in [0.15, 0.2) is 0 Å². The number of hydrogen-bond donors (Lipinski definition) is 0. The molecule has 0 spiro atoms. The summed E-state index contributed by atoms with van der Waals surface area (Å²) >= 11 is 0. The number of hydrogen-bond acceptors (Lipinski definition) is 3. The molecular weight excluding hydrogens is 270 g/mol. The van der Waals surface area contributed by atoms with Gasteiger partial charge in [0.2, 0.25) is 5.91 Å². The van der Waals surface area contributed by atoms with Crippen molar-refractivity contribution in [1.82, 2.24) is 4.90 Å². The minimum absolute atomic E-state index is 0.0137. The van der Waals surface area contributed by atoms with Crippen LogP contribution in [0.4, 0.5) is 5.69 Å². The summed E-state index contributed by atoms with van der Waals surface area (Å²) in [6.07, 6.45) is 0.386. The molecule has 1 aromatic rings. The lowest BCUT2D eigenvalue weighted by atomic mass is 10.1. The molecule has 7 heteroatoms. The van der Waals surface area contributed by atoms with Crippen LogP contribution in [0.25, 0.3) is 10.4 Å². The Balaban J connectivity index is 2.10. The SMILES string of the molecule is CN(C)C(=O)c1ccc(N2CC(CN=[N+]=[N-])CC2=O)cc1. The Kier molecular flexibility index (Phi) is 4.45. The number of rotatable bonds is 4. The molecule has 1 unspecified atom stereocenters. The molecule has 1 aliphatic rings. The fourth-order valence-corrected chi connectivity index (χ4v) is 2.35. The molecule has 2 amide bonds. The maximum atomic E-state index is 12.0. The fourth-order valence-electron chi connectivity index (χ4n) is 2.35. The van der Waals surface area contributed by atoms with Gasteiger partial charge in [0.1, 0.15) is 0 Å². The molecule has 1 fully saturated rings. The van der Waals surface area contributed by atoms with Crippen LogP contribution >= 0.6 is 0 Å². The van der Waals surface area contributed by atoms with Crippen LogP contribution in [0.15, 0.2) is 29.4 Å². The molecule has 0 saturated carbocycles. The van der Waals surface area contributed by atoms with Crippen molar-refractivity contribution < 1.29 is 9.59 Å². The van der Waals surface area contributed by atoms with Crippen LogP contribution < -0.4 is 4.90 Å².